The fraction of sp³-hybridized carbons (Fsp3) is 0.357. The number of rotatable bonds is 5. The number of hydrogen-bond donors (Lipinski definition) is 1. The summed E-state index contributed by atoms with van der Waals surface area (Å²) in [6.45, 7) is 6.71. The monoisotopic (exact) mass is 536 g/mol. The number of nitrogens with zero attached hydrogens (tertiary/aromatic N) is 3. The lowest BCUT2D eigenvalue weighted by atomic mass is 9.96. The van der Waals surface area contributed by atoms with Crippen LogP contribution in [0.5, 0.6) is 0 Å². The lowest BCUT2D eigenvalue weighted by molar-refractivity contribution is -0.140. The van der Waals surface area contributed by atoms with Gasteiger partial charge in [-0.25, -0.2) is 23.1 Å². The molecule has 3 aromatic rings. The number of methoxy groups -OCH3 is 1. The second-order valence-electron chi connectivity index (χ2n) is 9.56. The lowest BCUT2D eigenvalue weighted by Crippen LogP contribution is -2.34. The smallest absolute Gasteiger partial charge is 0.305 e. The molecule has 10 heteroatoms. The van der Waals surface area contributed by atoms with Gasteiger partial charge in [0.15, 0.2) is 0 Å². The molecule has 1 amide bonds. The van der Waals surface area contributed by atoms with Crippen molar-refractivity contribution in [2.45, 2.75) is 50.8 Å². The van der Waals surface area contributed by atoms with Crippen LogP contribution in [0.15, 0.2) is 53.4 Å². The summed E-state index contributed by atoms with van der Waals surface area (Å²) in [5, 5.41) is 0. The lowest BCUT2D eigenvalue weighted by Gasteiger charge is -2.24. The van der Waals surface area contributed by atoms with Gasteiger partial charge in [0.2, 0.25) is 5.95 Å². The fourth-order valence-corrected chi connectivity index (χ4v) is 5.59. The Bertz CT molecular complexity index is 1450. The van der Waals surface area contributed by atoms with Crippen molar-refractivity contribution in [1.29, 1.82) is 0 Å². The van der Waals surface area contributed by atoms with Gasteiger partial charge < -0.3 is 9.64 Å². The predicted molar refractivity (Wildman–Crippen MR) is 144 cm³/mol. The first-order valence-corrected chi connectivity index (χ1v) is 14.0. The summed E-state index contributed by atoms with van der Waals surface area (Å²) in [4.78, 5) is 35.8. The van der Waals surface area contributed by atoms with Crippen LogP contribution in [0, 0.1) is 13.8 Å². The van der Waals surface area contributed by atoms with E-state index in [1.165, 1.54) is 25.3 Å². The summed E-state index contributed by atoms with van der Waals surface area (Å²) >= 11 is 0. The van der Waals surface area contributed by atoms with E-state index >= 15 is 0 Å². The van der Waals surface area contributed by atoms with Crippen molar-refractivity contribution >= 4 is 27.8 Å². The Kier molecular flexibility index (Phi) is 8.11. The SMILES string of the molecule is COC(=O)CCCN1CCC(C)c2cc(-c3c(C)cccc3C)nc(n2)NS(=O)(=O)c2cccc(c2)C1=O. The maximum Gasteiger partial charge on any atom is 0.305 e. The van der Waals surface area contributed by atoms with Gasteiger partial charge in [-0.15, -0.1) is 0 Å². The zero-order valence-corrected chi connectivity index (χ0v) is 22.8. The zero-order chi connectivity index (χ0) is 27.4. The fourth-order valence-electron chi connectivity index (χ4n) is 4.60. The number of benzene rings is 2. The van der Waals surface area contributed by atoms with E-state index in [1.54, 1.807) is 11.0 Å². The molecule has 2 heterocycles. The van der Waals surface area contributed by atoms with E-state index < -0.39 is 10.0 Å². The highest BCUT2D eigenvalue weighted by Crippen LogP contribution is 2.30. The molecule has 0 saturated heterocycles. The van der Waals surface area contributed by atoms with E-state index in [-0.39, 0.29) is 40.6 Å². The van der Waals surface area contributed by atoms with Crippen LogP contribution in [-0.4, -0.2) is 55.4 Å². The highest BCUT2D eigenvalue weighted by atomic mass is 32.2. The third-order valence-electron chi connectivity index (χ3n) is 6.76. The van der Waals surface area contributed by atoms with Crippen molar-refractivity contribution in [3.05, 3.63) is 70.9 Å². The molecule has 1 aliphatic rings. The number of carbonyl (C=O) groups is 2. The minimum Gasteiger partial charge on any atom is -0.469 e. The average Bonchev–Trinajstić information content (AvgIpc) is 2.89. The first kappa shape index (κ1) is 27.3. The number of carbonyl (C=O) groups excluding carboxylic acids is 2. The van der Waals surface area contributed by atoms with Gasteiger partial charge in [-0.2, -0.15) is 0 Å². The molecule has 1 aromatic heterocycles. The van der Waals surface area contributed by atoms with Crippen molar-refractivity contribution in [1.82, 2.24) is 14.9 Å². The topological polar surface area (TPSA) is 119 Å². The van der Waals surface area contributed by atoms with Crippen LogP contribution in [0.2, 0.25) is 0 Å². The van der Waals surface area contributed by atoms with Gasteiger partial charge in [0, 0.05) is 42.2 Å². The number of anilines is 1. The Balaban J connectivity index is 1.79. The first-order chi connectivity index (χ1) is 18.1. The molecule has 200 valence electrons. The number of fused-ring (bicyclic) bond motifs is 4. The molecule has 0 spiro atoms. The summed E-state index contributed by atoms with van der Waals surface area (Å²) < 4.78 is 33.9. The second kappa shape index (κ2) is 11.3. The number of amides is 1. The number of hydrogen-bond acceptors (Lipinski definition) is 7. The average molecular weight is 537 g/mol. The van der Waals surface area contributed by atoms with Crippen LogP contribution in [-0.2, 0) is 19.6 Å². The van der Waals surface area contributed by atoms with E-state index in [0.717, 1.165) is 16.7 Å². The molecule has 1 atom stereocenters. The molecule has 38 heavy (non-hydrogen) atoms. The molecule has 0 aliphatic carbocycles. The summed E-state index contributed by atoms with van der Waals surface area (Å²) in [7, 11) is -2.74. The normalized spacial score (nSPS) is 17.0. The van der Waals surface area contributed by atoms with E-state index in [2.05, 4.69) is 14.7 Å². The molecule has 0 radical (unpaired) electrons. The summed E-state index contributed by atoms with van der Waals surface area (Å²) in [5.41, 5.74) is 4.51. The van der Waals surface area contributed by atoms with E-state index in [0.29, 0.717) is 37.3 Å². The van der Waals surface area contributed by atoms with E-state index in [4.69, 9.17) is 4.74 Å². The number of ether oxygens (including phenoxy) is 1. The van der Waals surface area contributed by atoms with Crippen LogP contribution in [0.3, 0.4) is 0 Å². The number of sulfonamides is 1. The number of aromatic nitrogens is 2. The molecule has 0 saturated carbocycles. The summed E-state index contributed by atoms with van der Waals surface area (Å²) in [6.07, 6.45) is 1.20. The van der Waals surface area contributed by atoms with E-state index in [9.17, 15) is 18.0 Å². The minimum atomic E-state index is -4.07. The quantitative estimate of drug-likeness (QED) is 0.478. The van der Waals surface area contributed by atoms with Crippen LogP contribution in [0.1, 0.15) is 59.3 Å². The van der Waals surface area contributed by atoms with Gasteiger partial charge in [0.05, 0.1) is 17.7 Å². The maximum absolute atomic E-state index is 13.4. The maximum atomic E-state index is 13.4. The molecule has 1 aliphatic heterocycles. The van der Waals surface area contributed by atoms with Gasteiger partial charge in [-0.05, 0) is 62.1 Å². The predicted octanol–water partition coefficient (Wildman–Crippen LogP) is 4.46. The molecule has 1 unspecified atom stereocenters. The highest BCUT2D eigenvalue weighted by Gasteiger charge is 2.24. The first-order valence-electron chi connectivity index (χ1n) is 12.5. The Morgan fingerprint density at radius 1 is 1.11 bits per heavy atom. The van der Waals surface area contributed by atoms with Crippen molar-refractivity contribution < 1.29 is 22.7 Å². The Hall–Kier alpha value is -3.79. The Labute approximate surface area is 223 Å². The third-order valence-corrected chi connectivity index (χ3v) is 8.09. The molecular weight excluding hydrogens is 504 g/mol. The van der Waals surface area contributed by atoms with Gasteiger partial charge in [-0.1, -0.05) is 31.2 Å². The Morgan fingerprint density at radius 2 is 1.82 bits per heavy atom. The molecule has 4 bridgehead atoms. The van der Waals surface area contributed by atoms with Gasteiger partial charge in [0.25, 0.3) is 15.9 Å². The molecule has 0 fully saturated rings. The number of esters is 1. The standard InChI is InChI=1S/C28H32N4O5S/c1-18-13-15-32(14-7-12-25(33)37-4)27(34)21-10-6-11-22(16-21)38(35,36)31-28-29-23(18)17-24(30-28)26-19(2)8-5-9-20(26)3/h5-6,8-11,16-18H,7,12-15H2,1-4H3,(H,29,30,31). The molecule has 2 aromatic carbocycles. The van der Waals surface area contributed by atoms with Crippen molar-refractivity contribution in [2.24, 2.45) is 0 Å². The second-order valence-corrected chi connectivity index (χ2v) is 11.2. The molecule has 1 N–H and O–H groups in total. The van der Waals surface area contributed by atoms with Crippen LogP contribution in [0.25, 0.3) is 11.3 Å². The largest absolute Gasteiger partial charge is 0.469 e. The highest BCUT2D eigenvalue weighted by molar-refractivity contribution is 7.92. The van der Waals surface area contributed by atoms with Gasteiger partial charge in [-0.3, -0.25) is 9.59 Å². The summed E-state index contributed by atoms with van der Waals surface area (Å²) in [5.74, 6) is -0.766. The minimum absolute atomic E-state index is 0.0158. The van der Waals surface area contributed by atoms with Gasteiger partial charge in [0.1, 0.15) is 0 Å². The third kappa shape index (κ3) is 6.02. The zero-order valence-electron chi connectivity index (χ0n) is 22.0. The number of aryl methyl sites for hydroxylation is 2. The van der Waals surface area contributed by atoms with E-state index in [1.807, 2.05) is 45.0 Å². The van der Waals surface area contributed by atoms with Gasteiger partial charge >= 0.3 is 5.97 Å². The van der Waals surface area contributed by atoms with Crippen LogP contribution in [0.4, 0.5) is 5.95 Å². The van der Waals surface area contributed by atoms with Crippen molar-refractivity contribution in [3.63, 3.8) is 0 Å². The molecular formula is C28H32N4O5S. The summed E-state index contributed by atoms with van der Waals surface area (Å²) in [6, 6.07) is 13.8. The van der Waals surface area contributed by atoms with Crippen molar-refractivity contribution in [3.8, 4) is 11.3 Å². The molecule has 9 nitrogen and oxygen atoms in total. The molecule has 4 rings (SSSR count). The Morgan fingerprint density at radius 3 is 2.53 bits per heavy atom. The van der Waals surface area contributed by atoms with Crippen molar-refractivity contribution in [2.75, 3.05) is 24.9 Å². The van der Waals surface area contributed by atoms with Crippen LogP contribution < -0.4 is 4.72 Å². The number of nitrogens with one attached hydrogen (secondary N) is 1. The van der Waals surface area contributed by atoms with Crippen LogP contribution >= 0.6 is 0 Å².